The molecule has 0 unspecified atom stereocenters. The summed E-state index contributed by atoms with van der Waals surface area (Å²) in [4.78, 5) is 50.3. The fraction of sp³-hybridized carbons (Fsp3) is 0.370. The number of nitrogens with zero attached hydrogens (tertiary/aromatic N) is 4. The number of nitrogens with one attached hydrogen (secondary N) is 2. The van der Waals surface area contributed by atoms with Crippen LogP contribution in [0.4, 0.5) is 10.1 Å². The van der Waals surface area contributed by atoms with Gasteiger partial charge in [0.25, 0.3) is 5.91 Å². The van der Waals surface area contributed by atoms with Crippen molar-refractivity contribution in [3.8, 4) is 6.07 Å². The SMILES string of the molecule is CC(C)C[C@@H](C(=O)N1C[C@]2(C[C@H]1C#N)C(=O)Nc1ccccc12)N(C)C(=O)c1nc2ccc(F)cc2[nH]1. The third kappa shape index (κ3) is 4.00. The van der Waals surface area contributed by atoms with E-state index < -0.39 is 35.1 Å². The number of hydrogen-bond acceptors (Lipinski definition) is 5. The molecule has 2 aliphatic rings. The zero-order chi connectivity index (χ0) is 26.5. The second-order valence-electron chi connectivity index (χ2n) is 10.2. The number of amides is 3. The van der Waals surface area contributed by atoms with Crippen LogP contribution in [0.25, 0.3) is 11.0 Å². The summed E-state index contributed by atoms with van der Waals surface area (Å²) in [6, 6.07) is 11.8. The Morgan fingerprint density at radius 1 is 1.30 bits per heavy atom. The van der Waals surface area contributed by atoms with Gasteiger partial charge in [0.05, 0.1) is 22.5 Å². The molecular formula is C27H27FN6O3. The van der Waals surface area contributed by atoms with Crippen molar-refractivity contribution in [3.05, 3.63) is 59.7 Å². The highest BCUT2D eigenvalue weighted by Crippen LogP contribution is 2.46. The first-order valence-electron chi connectivity index (χ1n) is 12.2. The first kappa shape index (κ1) is 24.4. The van der Waals surface area contributed by atoms with E-state index in [1.165, 1.54) is 35.0 Å². The highest BCUT2D eigenvalue weighted by molar-refractivity contribution is 6.07. The van der Waals surface area contributed by atoms with Crippen LogP contribution in [0.15, 0.2) is 42.5 Å². The number of benzene rings is 2. The second kappa shape index (κ2) is 9.00. The van der Waals surface area contributed by atoms with Gasteiger partial charge >= 0.3 is 0 Å². The third-order valence-corrected chi connectivity index (χ3v) is 7.33. The number of rotatable bonds is 5. The highest BCUT2D eigenvalue weighted by atomic mass is 19.1. The number of carbonyl (C=O) groups excluding carboxylic acids is 3. The molecule has 190 valence electrons. The van der Waals surface area contributed by atoms with Gasteiger partial charge in [0, 0.05) is 25.7 Å². The standard InChI is InChI=1S/C27H27FN6O3/c1-15(2)10-22(33(3)25(36)23-30-20-9-8-16(28)11-21(20)31-23)24(35)34-14-27(12-17(34)13-29)18-6-4-5-7-19(18)32-26(27)37/h4-9,11,15,17,22H,10,12,14H2,1-3H3,(H,30,31)(H,32,37)/t17-,22-,27-/m0/s1. The lowest BCUT2D eigenvalue weighted by atomic mass is 9.80. The molecule has 3 aromatic rings. The van der Waals surface area contributed by atoms with Crippen molar-refractivity contribution in [2.45, 2.75) is 44.2 Å². The maximum atomic E-state index is 14.0. The van der Waals surface area contributed by atoms with Crippen molar-refractivity contribution in [2.24, 2.45) is 5.92 Å². The summed E-state index contributed by atoms with van der Waals surface area (Å²) in [6.45, 7) is 3.93. The van der Waals surface area contributed by atoms with Gasteiger partial charge in [0.2, 0.25) is 11.8 Å². The van der Waals surface area contributed by atoms with E-state index >= 15 is 0 Å². The number of aromatic amines is 1. The van der Waals surface area contributed by atoms with Crippen LogP contribution in [0.3, 0.4) is 0 Å². The second-order valence-corrected chi connectivity index (χ2v) is 10.2. The van der Waals surface area contributed by atoms with Crippen LogP contribution in [-0.4, -0.2) is 63.2 Å². The fourth-order valence-electron chi connectivity index (χ4n) is 5.44. The van der Waals surface area contributed by atoms with E-state index in [0.29, 0.717) is 23.1 Å². The van der Waals surface area contributed by atoms with Crippen LogP contribution in [0.1, 0.15) is 42.9 Å². The van der Waals surface area contributed by atoms with Crippen molar-refractivity contribution in [3.63, 3.8) is 0 Å². The number of halogens is 1. The molecule has 3 amide bonds. The van der Waals surface area contributed by atoms with Crippen molar-refractivity contribution in [1.29, 1.82) is 5.26 Å². The Morgan fingerprint density at radius 2 is 2.05 bits per heavy atom. The van der Waals surface area contributed by atoms with Gasteiger partial charge in [-0.05, 0) is 42.2 Å². The molecule has 9 nitrogen and oxygen atoms in total. The van der Waals surface area contributed by atoms with Gasteiger partial charge in [-0.2, -0.15) is 5.26 Å². The molecule has 10 heteroatoms. The zero-order valence-electron chi connectivity index (χ0n) is 20.8. The van der Waals surface area contributed by atoms with Crippen LogP contribution >= 0.6 is 0 Å². The van der Waals surface area contributed by atoms with Crippen LogP contribution in [0, 0.1) is 23.1 Å². The lowest BCUT2D eigenvalue weighted by Crippen LogP contribution is -2.52. The van der Waals surface area contributed by atoms with E-state index in [4.69, 9.17) is 0 Å². The van der Waals surface area contributed by atoms with Gasteiger partial charge in [-0.3, -0.25) is 14.4 Å². The monoisotopic (exact) mass is 502 g/mol. The van der Waals surface area contributed by atoms with E-state index in [-0.39, 0.29) is 30.6 Å². The summed E-state index contributed by atoms with van der Waals surface area (Å²) >= 11 is 0. The first-order valence-corrected chi connectivity index (χ1v) is 12.2. The van der Waals surface area contributed by atoms with Gasteiger partial charge in [-0.1, -0.05) is 32.0 Å². The summed E-state index contributed by atoms with van der Waals surface area (Å²) in [7, 11) is 1.52. The Bertz CT molecular complexity index is 1460. The molecular weight excluding hydrogens is 475 g/mol. The van der Waals surface area contributed by atoms with Crippen LogP contribution in [0.2, 0.25) is 0 Å². The maximum absolute atomic E-state index is 14.0. The molecule has 2 aromatic carbocycles. The largest absolute Gasteiger partial charge is 0.334 e. The summed E-state index contributed by atoms with van der Waals surface area (Å²) in [5, 5.41) is 12.8. The molecule has 1 aromatic heterocycles. The summed E-state index contributed by atoms with van der Waals surface area (Å²) in [5.41, 5.74) is 1.25. The predicted octanol–water partition coefficient (Wildman–Crippen LogP) is 3.20. The molecule has 1 saturated heterocycles. The Balaban J connectivity index is 1.46. The van der Waals surface area contributed by atoms with Gasteiger partial charge in [0.1, 0.15) is 17.9 Å². The zero-order valence-corrected chi connectivity index (χ0v) is 20.8. The van der Waals surface area contributed by atoms with Crippen LogP contribution < -0.4 is 5.32 Å². The average Bonchev–Trinajstić information content (AvgIpc) is 3.55. The number of imidazole rings is 1. The molecule has 2 N–H and O–H groups in total. The van der Waals surface area contributed by atoms with Gasteiger partial charge in [-0.15, -0.1) is 0 Å². The fourth-order valence-corrected chi connectivity index (χ4v) is 5.44. The Labute approximate surface area is 213 Å². The number of H-pyrrole nitrogens is 1. The quantitative estimate of drug-likeness (QED) is 0.555. The maximum Gasteiger partial charge on any atom is 0.290 e. The molecule has 2 aliphatic heterocycles. The lowest BCUT2D eigenvalue weighted by molar-refractivity contribution is -0.136. The van der Waals surface area contributed by atoms with Crippen LogP contribution in [0.5, 0.6) is 0 Å². The highest BCUT2D eigenvalue weighted by Gasteiger charge is 2.56. The van der Waals surface area contributed by atoms with Crippen molar-refractivity contribution >= 4 is 34.4 Å². The van der Waals surface area contributed by atoms with E-state index in [2.05, 4.69) is 21.4 Å². The minimum Gasteiger partial charge on any atom is -0.334 e. The number of likely N-dealkylation sites (N-methyl/N-ethyl adjacent to an activating group) is 1. The Hall–Kier alpha value is -4.26. The molecule has 5 rings (SSSR count). The number of carbonyl (C=O) groups is 3. The van der Waals surface area contributed by atoms with Gasteiger partial charge < -0.3 is 20.1 Å². The van der Waals surface area contributed by atoms with Gasteiger partial charge in [0.15, 0.2) is 5.82 Å². The number of hydrogen-bond donors (Lipinski definition) is 2. The molecule has 3 heterocycles. The van der Waals surface area contributed by atoms with E-state index in [1.54, 1.807) is 6.07 Å². The van der Waals surface area contributed by atoms with E-state index in [1.807, 2.05) is 32.0 Å². The normalized spacial score (nSPS) is 21.2. The number of fused-ring (bicyclic) bond motifs is 3. The van der Waals surface area contributed by atoms with Crippen molar-refractivity contribution in [2.75, 3.05) is 18.9 Å². The minimum absolute atomic E-state index is 0.0107. The summed E-state index contributed by atoms with van der Waals surface area (Å²) < 4.78 is 13.6. The molecule has 0 saturated carbocycles. The number of aromatic nitrogens is 2. The summed E-state index contributed by atoms with van der Waals surface area (Å²) in [5.74, 6) is -1.57. The molecule has 0 aliphatic carbocycles. The van der Waals surface area contributed by atoms with Crippen molar-refractivity contribution < 1.29 is 18.8 Å². The van der Waals surface area contributed by atoms with E-state index in [9.17, 15) is 24.0 Å². The number of para-hydroxylation sites is 1. The smallest absolute Gasteiger partial charge is 0.290 e. The lowest BCUT2D eigenvalue weighted by Gasteiger charge is -2.33. The number of likely N-dealkylation sites (tertiary alicyclic amines) is 1. The van der Waals surface area contributed by atoms with Gasteiger partial charge in [-0.25, -0.2) is 9.37 Å². The topological polar surface area (TPSA) is 122 Å². The molecule has 0 radical (unpaired) electrons. The molecule has 3 atom stereocenters. The Morgan fingerprint density at radius 3 is 2.78 bits per heavy atom. The Kier molecular flexibility index (Phi) is 5.94. The molecule has 37 heavy (non-hydrogen) atoms. The number of nitriles is 1. The average molecular weight is 503 g/mol. The number of anilines is 1. The van der Waals surface area contributed by atoms with Crippen molar-refractivity contribution in [1.82, 2.24) is 19.8 Å². The van der Waals surface area contributed by atoms with E-state index in [0.717, 1.165) is 5.56 Å². The molecule has 1 fully saturated rings. The first-order chi connectivity index (χ1) is 17.6. The molecule has 0 bridgehead atoms. The third-order valence-electron chi connectivity index (χ3n) is 7.33. The predicted molar refractivity (Wildman–Crippen MR) is 134 cm³/mol. The summed E-state index contributed by atoms with van der Waals surface area (Å²) in [6.07, 6.45) is 0.527. The minimum atomic E-state index is -1.01. The molecule has 1 spiro atoms. The van der Waals surface area contributed by atoms with Crippen LogP contribution in [-0.2, 0) is 15.0 Å².